The van der Waals surface area contributed by atoms with E-state index in [2.05, 4.69) is 39.3 Å². The zero-order valence-corrected chi connectivity index (χ0v) is 19.6. The van der Waals surface area contributed by atoms with Crippen LogP contribution in [0.25, 0.3) is 0 Å². The topological polar surface area (TPSA) is 70.8 Å². The maximum atomic E-state index is 12.5. The number of amides is 1. The number of carbonyl (C=O) groups excluding carboxylic acids is 1. The van der Waals surface area contributed by atoms with Gasteiger partial charge in [-0.2, -0.15) is 0 Å². The molecule has 2 heterocycles. The number of rotatable bonds is 8. The van der Waals surface area contributed by atoms with Crippen molar-refractivity contribution < 1.29 is 14.1 Å². The lowest BCUT2D eigenvalue weighted by Gasteiger charge is -2.35. The molecule has 1 aliphatic rings. The molecular weight excluding hydrogens is 416 g/mol. The summed E-state index contributed by atoms with van der Waals surface area (Å²) in [4.78, 5) is 17.4. The van der Waals surface area contributed by atoms with E-state index in [1.165, 1.54) is 5.69 Å². The minimum absolute atomic E-state index is 0.0382. The molecule has 1 saturated heterocycles. The van der Waals surface area contributed by atoms with Crippen LogP contribution in [0.1, 0.15) is 29.5 Å². The largest absolute Gasteiger partial charge is 0.489 e. The average molecular weight is 449 g/mol. The van der Waals surface area contributed by atoms with Gasteiger partial charge in [0.05, 0.1) is 17.7 Å². The van der Waals surface area contributed by atoms with Gasteiger partial charge in [-0.05, 0) is 62.4 Å². The van der Waals surface area contributed by atoms with Crippen LogP contribution in [0.5, 0.6) is 5.75 Å². The molecule has 3 aromatic rings. The first kappa shape index (κ1) is 22.9. The third kappa shape index (κ3) is 5.93. The van der Waals surface area contributed by atoms with Crippen molar-refractivity contribution in [2.75, 3.05) is 42.9 Å². The molecule has 0 bridgehead atoms. The highest BCUT2D eigenvalue weighted by molar-refractivity contribution is 5.92. The van der Waals surface area contributed by atoms with Crippen molar-refractivity contribution in [1.29, 1.82) is 0 Å². The summed E-state index contributed by atoms with van der Waals surface area (Å²) in [6.07, 6.45) is 0.310. The second-order valence-electron chi connectivity index (χ2n) is 8.43. The predicted molar refractivity (Wildman–Crippen MR) is 130 cm³/mol. The molecule has 7 nitrogen and oxygen atoms in total. The molecule has 1 aromatic heterocycles. The van der Waals surface area contributed by atoms with E-state index in [-0.39, 0.29) is 5.91 Å². The molecule has 4 rings (SSSR count). The van der Waals surface area contributed by atoms with Gasteiger partial charge in [0.1, 0.15) is 18.1 Å². The van der Waals surface area contributed by atoms with Crippen LogP contribution in [0, 0.1) is 13.8 Å². The van der Waals surface area contributed by atoms with Crippen LogP contribution in [-0.4, -0.2) is 48.7 Å². The van der Waals surface area contributed by atoms with E-state index in [4.69, 9.17) is 9.26 Å². The zero-order chi connectivity index (χ0) is 23.2. The fraction of sp³-hybridized carbons (Fsp3) is 0.385. The Balaban J connectivity index is 1.25. The summed E-state index contributed by atoms with van der Waals surface area (Å²) in [5.74, 6) is 1.48. The Morgan fingerprint density at radius 1 is 1.03 bits per heavy atom. The molecule has 0 aliphatic carbocycles. The Hall–Kier alpha value is -3.32. The molecule has 1 aliphatic heterocycles. The van der Waals surface area contributed by atoms with Crippen LogP contribution in [0.2, 0.25) is 0 Å². The van der Waals surface area contributed by atoms with Crippen LogP contribution < -0.4 is 15.0 Å². The smallest absolute Gasteiger partial charge is 0.228 e. The van der Waals surface area contributed by atoms with Gasteiger partial charge in [0.25, 0.3) is 0 Å². The molecule has 0 saturated carbocycles. The third-order valence-corrected chi connectivity index (χ3v) is 6.19. The number of aryl methyl sites for hydroxylation is 2. The number of hydrogen-bond donors (Lipinski definition) is 1. The molecule has 1 N–H and O–H groups in total. The SMILES string of the molecule is CCN1CCN(c2ccc(NC(=O)Cc3ccc(OCc4c(C)noc4C)cc3)cc2)CC1. The molecule has 1 amide bonds. The first-order valence-corrected chi connectivity index (χ1v) is 11.5. The summed E-state index contributed by atoms with van der Waals surface area (Å²) in [6, 6.07) is 15.7. The highest BCUT2D eigenvalue weighted by Gasteiger charge is 2.16. The van der Waals surface area contributed by atoms with E-state index in [1.54, 1.807) is 0 Å². The lowest BCUT2D eigenvalue weighted by atomic mass is 10.1. The summed E-state index contributed by atoms with van der Waals surface area (Å²) in [5.41, 5.74) is 4.76. The van der Waals surface area contributed by atoms with Crippen molar-refractivity contribution in [3.8, 4) is 5.75 Å². The maximum Gasteiger partial charge on any atom is 0.228 e. The minimum atomic E-state index is -0.0382. The molecule has 174 valence electrons. The van der Waals surface area contributed by atoms with Gasteiger partial charge in [-0.3, -0.25) is 4.79 Å². The van der Waals surface area contributed by atoms with Crippen LogP contribution >= 0.6 is 0 Å². The fourth-order valence-electron chi connectivity index (χ4n) is 4.04. The molecule has 7 heteroatoms. The maximum absolute atomic E-state index is 12.5. The lowest BCUT2D eigenvalue weighted by molar-refractivity contribution is -0.115. The van der Waals surface area contributed by atoms with E-state index < -0.39 is 0 Å². The van der Waals surface area contributed by atoms with Crippen LogP contribution in [0.4, 0.5) is 11.4 Å². The van der Waals surface area contributed by atoms with Gasteiger partial charge in [-0.25, -0.2) is 0 Å². The number of nitrogens with zero attached hydrogens (tertiary/aromatic N) is 3. The zero-order valence-electron chi connectivity index (χ0n) is 19.6. The number of nitrogens with one attached hydrogen (secondary N) is 1. The second-order valence-corrected chi connectivity index (χ2v) is 8.43. The number of ether oxygens (including phenoxy) is 1. The summed E-state index contributed by atoms with van der Waals surface area (Å²) in [6.45, 7) is 11.8. The predicted octanol–water partition coefficient (Wildman–Crippen LogP) is 4.19. The monoisotopic (exact) mass is 448 g/mol. The van der Waals surface area contributed by atoms with E-state index in [0.29, 0.717) is 13.0 Å². The van der Waals surface area contributed by atoms with E-state index in [0.717, 1.165) is 66.7 Å². The van der Waals surface area contributed by atoms with Gasteiger partial charge < -0.3 is 24.4 Å². The summed E-state index contributed by atoms with van der Waals surface area (Å²) in [7, 11) is 0. The minimum Gasteiger partial charge on any atom is -0.489 e. The Bertz CT molecular complexity index is 1030. The third-order valence-electron chi connectivity index (χ3n) is 6.19. The van der Waals surface area contributed by atoms with Crippen molar-refractivity contribution in [2.45, 2.75) is 33.8 Å². The van der Waals surface area contributed by atoms with Gasteiger partial charge in [0.15, 0.2) is 0 Å². The van der Waals surface area contributed by atoms with E-state index in [9.17, 15) is 4.79 Å². The Morgan fingerprint density at radius 2 is 1.73 bits per heavy atom. The van der Waals surface area contributed by atoms with Crippen molar-refractivity contribution in [1.82, 2.24) is 10.1 Å². The van der Waals surface area contributed by atoms with Crippen molar-refractivity contribution >= 4 is 17.3 Å². The Kier molecular flexibility index (Phi) is 7.29. The van der Waals surface area contributed by atoms with Crippen LogP contribution in [0.15, 0.2) is 53.1 Å². The number of likely N-dealkylation sites (N-methyl/N-ethyl adjacent to an activating group) is 1. The highest BCUT2D eigenvalue weighted by atomic mass is 16.5. The number of piperazine rings is 1. The number of benzene rings is 2. The molecule has 2 aromatic carbocycles. The van der Waals surface area contributed by atoms with Gasteiger partial charge >= 0.3 is 0 Å². The quantitative estimate of drug-likeness (QED) is 0.557. The first-order chi connectivity index (χ1) is 16.0. The summed E-state index contributed by atoms with van der Waals surface area (Å²) >= 11 is 0. The van der Waals surface area contributed by atoms with Gasteiger partial charge in [-0.15, -0.1) is 0 Å². The molecule has 1 fully saturated rings. The Morgan fingerprint density at radius 3 is 2.33 bits per heavy atom. The van der Waals surface area contributed by atoms with Crippen LogP contribution in [-0.2, 0) is 17.8 Å². The normalized spacial score (nSPS) is 14.3. The second kappa shape index (κ2) is 10.5. The molecule has 0 radical (unpaired) electrons. The first-order valence-electron chi connectivity index (χ1n) is 11.5. The molecule has 0 atom stereocenters. The summed E-state index contributed by atoms with van der Waals surface area (Å²) < 4.78 is 11.0. The van der Waals surface area contributed by atoms with Crippen molar-refractivity contribution in [3.05, 3.63) is 71.1 Å². The lowest BCUT2D eigenvalue weighted by Crippen LogP contribution is -2.46. The highest BCUT2D eigenvalue weighted by Crippen LogP contribution is 2.21. The Labute approximate surface area is 195 Å². The molecular formula is C26H32N4O3. The van der Waals surface area contributed by atoms with Crippen molar-refractivity contribution in [3.63, 3.8) is 0 Å². The molecule has 33 heavy (non-hydrogen) atoms. The van der Waals surface area contributed by atoms with E-state index in [1.807, 2.05) is 50.2 Å². The molecule has 0 unspecified atom stereocenters. The van der Waals surface area contributed by atoms with Gasteiger partial charge in [-0.1, -0.05) is 24.2 Å². The fourth-order valence-corrected chi connectivity index (χ4v) is 4.04. The summed E-state index contributed by atoms with van der Waals surface area (Å²) in [5, 5.41) is 6.93. The van der Waals surface area contributed by atoms with Gasteiger partial charge in [0, 0.05) is 37.6 Å². The molecule has 0 spiro atoms. The number of anilines is 2. The number of aromatic nitrogens is 1. The number of hydrogen-bond acceptors (Lipinski definition) is 6. The standard InChI is InChI=1S/C26H32N4O3/c1-4-29-13-15-30(16-14-29)23-9-7-22(8-10-23)27-26(31)17-21-5-11-24(12-6-21)32-18-25-19(2)28-33-20(25)3/h5-12H,4,13-18H2,1-3H3,(H,27,31). The number of carbonyl (C=O) groups is 1. The average Bonchev–Trinajstić information content (AvgIpc) is 3.16. The van der Waals surface area contributed by atoms with Gasteiger partial charge in [0.2, 0.25) is 5.91 Å². The van der Waals surface area contributed by atoms with Crippen LogP contribution in [0.3, 0.4) is 0 Å². The van der Waals surface area contributed by atoms with Crippen molar-refractivity contribution in [2.24, 2.45) is 0 Å². The van der Waals surface area contributed by atoms with E-state index >= 15 is 0 Å².